The van der Waals surface area contributed by atoms with Crippen LogP contribution in [-0.4, -0.2) is 106 Å². The molecule has 2 amide bonds. The number of carbonyl (C=O) groups excluding carboxylic acids is 3. The van der Waals surface area contributed by atoms with Gasteiger partial charge in [-0.05, 0) is 84.3 Å². The summed E-state index contributed by atoms with van der Waals surface area (Å²) in [4.78, 5) is 42.5. The fourth-order valence-corrected chi connectivity index (χ4v) is 5.68. The van der Waals surface area contributed by atoms with E-state index >= 15 is 0 Å². The molecule has 0 bridgehead atoms. The molecular weight excluding hydrogens is 508 g/mol. The number of nitrogens with zero attached hydrogens (tertiary/aromatic N) is 2. The lowest BCUT2D eigenvalue weighted by atomic mass is 9.97. The predicted molar refractivity (Wildman–Crippen MR) is 141 cm³/mol. The van der Waals surface area contributed by atoms with Gasteiger partial charge < -0.3 is 34.5 Å². The van der Waals surface area contributed by atoms with Crippen molar-refractivity contribution in [3.8, 4) is 0 Å². The molecule has 0 saturated carbocycles. The average Bonchev–Trinajstić information content (AvgIpc) is 3.21. The summed E-state index contributed by atoms with van der Waals surface area (Å²) in [5.74, 6) is -1.50. The van der Waals surface area contributed by atoms with E-state index in [4.69, 9.17) is 14.3 Å². The predicted octanol–water partition coefficient (Wildman–Crippen LogP) is 1.85. The minimum absolute atomic E-state index is 0.0552. The third-order valence-electron chi connectivity index (χ3n) is 7.88. The lowest BCUT2D eigenvalue weighted by molar-refractivity contribution is -0.197. The first kappa shape index (κ1) is 31.9. The Morgan fingerprint density at radius 2 is 1.59 bits per heavy atom. The van der Waals surface area contributed by atoms with Gasteiger partial charge in [0, 0.05) is 25.7 Å². The van der Waals surface area contributed by atoms with Crippen LogP contribution in [0.25, 0.3) is 0 Å². The number of aliphatic hydroxyl groups excluding tert-OH is 3. The molecular formula is C28H48N2O9. The molecule has 3 fully saturated rings. The molecule has 11 nitrogen and oxygen atoms in total. The monoisotopic (exact) mass is 556 g/mol. The molecule has 3 saturated heterocycles. The summed E-state index contributed by atoms with van der Waals surface area (Å²) in [5.41, 5.74) is 0. The van der Waals surface area contributed by atoms with E-state index in [2.05, 4.69) is 4.90 Å². The van der Waals surface area contributed by atoms with Crippen molar-refractivity contribution < 1.29 is 44.0 Å². The van der Waals surface area contributed by atoms with Crippen molar-refractivity contribution in [2.45, 2.75) is 133 Å². The maximum Gasteiger partial charge on any atom is 0.333 e. The Morgan fingerprint density at radius 1 is 0.923 bits per heavy atom. The summed E-state index contributed by atoms with van der Waals surface area (Å²) in [6, 6.07) is 0. The lowest BCUT2D eigenvalue weighted by Crippen LogP contribution is -2.39. The molecule has 224 valence electrons. The van der Waals surface area contributed by atoms with Crippen molar-refractivity contribution in [3.63, 3.8) is 0 Å². The van der Waals surface area contributed by atoms with Gasteiger partial charge in [-0.25, -0.2) is 4.79 Å². The summed E-state index contributed by atoms with van der Waals surface area (Å²) < 4.78 is 11.9. The molecule has 0 aromatic heterocycles. The second-order valence-electron chi connectivity index (χ2n) is 11.3. The van der Waals surface area contributed by atoms with E-state index in [0.29, 0.717) is 24.3 Å². The Morgan fingerprint density at radius 3 is 2.31 bits per heavy atom. The molecule has 3 N–H and O–H groups in total. The van der Waals surface area contributed by atoms with Gasteiger partial charge in [0.05, 0.1) is 43.2 Å². The van der Waals surface area contributed by atoms with Crippen molar-refractivity contribution in [3.05, 3.63) is 0 Å². The lowest BCUT2D eigenvalue weighted by Gasteiger charge is -2.33. The Kier molecular flexibility index (Phi) is 13.6. The minimum atomic E-state index is -0.563. The highest BCUT2D eigenvalue weighted by molar-refractivity contribution is 6.01. The second kappa shape index (κ2) is 16.6. The number of amides is 2. The summed E-state index contributed by atoms with van der Waals surface area (Å²) in [6.45, 7) is 4.57. The molecule has 0 aromatic rings. The van der Waals surface area contributed by atoms with Crippen LogP contribution < -0.4 is 0 Å². The number of carbonyl (C=O) groups is 3. The van der Waals surface area contributed by atoms with Crippen LogP contribution in [0.3, 0.4) is 0 Å². The number of hydrogen-bond acceptors (Lipinski definition) is 10. The maximum absolute atomic E-state index is 12.0. The van der Waals surface area contributed by atoms with E-state index in [-0.39, 0.29) is 50.3 Å². The first-order valence-electron chi connectivity index (χ1n) is 14.8. The maximum atomic E-state index is 12.0. The van der Waals surface area contributed by atoms with Crippen LogP contribution in [-0.2, 0) is 28.7 Å². The van der Waals surface area contributed by atoms with Gasteiger partial charge in [0.1, 0.15) is 0 Å². The van der Waals surface area contributed by atoms with Gasteiger partial charge in [-0.2, -0.15) is 0 Å². The number of rotatable bonds is 16. The van der Waals surface area contributed by atoms with Gasteiger partial charge in [0.25, 0.3) is 11.8 Å². The molecule has 39 heavy (non-hydrogen) atoms. The highest BCUT2D eigenvalue weighted by Crippen LogP contribution is 2.24. The van der Waals surface area contributed by atoms with Crippen molar-refractivity contribution in [2.75, 3.05) is 26.2 Å². The van der Waals surface area contributed by atoms with E-state index in [1.807, 2.05) is 6.92 Å². The molecule has 0 spiro atoms. The number of hydroxylamine groups is 2. The third-order valence-corrected chi connectivity index (χ3v) is 7.88. The van der Waals surface area contributed by atoms with Gasteiger partial charge in [-0.3, -0.25) is 9.59 Å². The summed E-state index contributed by atoms with van der Waals surface area (Å²) >= 11 is 0. The largest absolute Gasteiger partial charge is 0.394 e. The van der Waals surface area contributed by atoms with Crippen molar-refractivity contribution in [1.82, 2.24) is 9.96 Å². The Balaban J connectivity index is 1.38. The summed E-state index contributed by atoms with van der Waals surface area (Å²) in [6.07, 6.45) is 7.65. The molecule has 3 rings (SSSR count). The number of aliphatic hydroxyl groups is 3. The quantitative estimate of drug-likeness (QED) is 0.190. The topological polar surface area (TPSA) is 146 Å². The second-order valence-corrected chi connectivity index (χ2v) is 11.3. The smallest absolute Gasteiger partial charge is 0.333 e. The van der Waals surface area contributed by atoms with Crippen LogP contribution in [0.15, 0.2) is 0 Å². The van der Waals surface area contributed by atoms with Gasteiger partial charge >= 0.3 is 5.97 Å². The number of ether oxygens (including phenoxy) is 2. The highest BCUT2D eigenvalue weighted by Gasteiger charge is 2.33. The molecule has 0 unspecified atom stereocenters. The van der Waals surface area contributed by atoms with Crippen LogP contribution >= 0.6 is 0 Å². The van der Waals surface area contributed by atoms with E-state index in [1.54, 1.807) is 0 Å². The van der Waals surface area contributed by atoms with Gasteiger partial charge in [0.2, 0.25) is 0 Å². The van der Waals surface area contributed by atoms with E-state index in [0.717, 1.165) is 71.0 Å². The standard InChI is InChI=1S/C28H48N2O9/c1-20-10-11-24(33)25(37-20)8-6-16-29(15-5-7-22-17-21(32)18-23(19-31)38-22)14-4-2-3-9-28(36)39-30-26(34)12-13-27(30)35/h20-25,31-33H,2-19H2,1H3/t20-,21+,22-,23-,24-,25-/m0/s1. The van der Waals surface area contributed by atoms with Gasteiger partial charge in [-0.15, -0.1) is 5.06 Å². The van der Waals surface area contributed by atoms with E-state index in [9.17, 15) is 29.7 Å². The minimum Gasteiger partial charge on any atom is -0.394 e. The molecule has 11 heteroatoms. The molecule has 3 heterocycles. The van der Waals surface area contributed by atoms with Crippen LogP contribution in [0.2, 0.25) is 0 Å². The highest BCUT2D eigenvalue weighted by atomic mass is 16.7. The normalized spacial score (nSPS) is 29.8. The van der Waals surface area contributed by atoms with Gasteiger partial charge in [0.15, 0.2) is 0 Å². The van der Waals surface area contributed by atoms with Crippen LogP contribution in [0.1, 0.15) is 96.8 Å². The van der Waals surface area contributed by atoms with E-state index in [1.165, 1.54) is 0 Å². The Hall–Kier alpha value is -1.63. The summed E-state index contributed by atoms with van der Waals surface area (Å²) in [7, 11) is 0. The van der Waals surface area contributed by atoms with Crippen LogP contribution in [0.5, 0.6) is 0 Å². The molecule has 0 aromatic carbocycles. The molecule has 3 aliphatic heterocycles. The van der Waals surface area contributed by atoms with Crippen molar-refractivity contribution in [2.24, 2.45) is 0 Å². The first-order chi connectivity index (χ1) is 18.7. The van der Waals surface area contributed by atoms with E-state index < -0.39 is 30.0 Å². The SMILES string of the molecule is C[C@H]1CC[C@H](O)[C@H](CCCN(CCCCCC(=O)ON2C(=O)CCC2=O)CCC[C@H]2C[C@@H](O)C[C@@H](CO)O2)O1. The first-order valence-corrected chi connectivity index (χ1v) is 14.8. The number of hydrogen-bond donors (Lipinski definition) is 3. The molecule has 0 radical (unpaired) electrons. The zero-order chi connectivity index (χ0) is 28.2. The fourth-order valence-electron chi connectivity index (χ4n) is 5.68. The summed E-state index contributed by atoms with van der Waals surface area (Å²) in [5, 5.41) is 30.4. The third kappa shape index (κ3) is 11.0. The molecule has 3 aliphatic rings. The Labute approximate surface area is 231 Å². The molecule has 6 atom stereocenters. The van der Waals surface area contributed by atoms with Crippen LogP contribution in [0.4, 0.5) is 0 Å². The fraction of sp³-hybridized carbons (Fsp3) is 0.893. The van der Waals surface area contributed by atoms with Crippen molar-refractivity contribution in [1.29, 1.82) is 0 Å². The number of unbranched alkanes of at least 4 members (excludes halogenated alkanes) is 2. The van der Waals surface area contributed by atoms with Gasteiger partial charge in [-0.1, -0.05) is 6.42 Å². The Bertz CT molecular complexity index is 766. The molecule has 0 aliphatic carbocycles. The average molecular weight is 557 g/mol. The zero-order valence-electron chi connectivity index (χ0n) is 23.4. The van der Waals surface area contributed by atoms with Crippen molar-refractivity contribution >= 4 is 17.8 Å². The number of imide groups is 1. The van der Waals surface area contributed by atoms with Crippen LogP contribution in [0, 0.1) is 0 Å². The zero-order valence-corrected chi connectivity index (χ0v) is 23.4.